The van der Waals surface area contributed by atoms with Crippen molar-refractivity contribution in [1.29, 1.82) is 0 Å². The highest BCUT2D eigenvalue weighted by Crippen LogP contribution is 2.21. The van der Waals surface area contributed by atoms with Gasteiger partial charge in [-0.3, -0.25) is 0 Å². The summed E-state index contributed by atoms with van der Waals surface area (Å²) in [4.78, 5) is 6.65. The highest BCUT2D eigenvalue weighted by atomic mass is 15.2. The zero-order valence-electron chi connectivity index (χ0n) is 9.25. The molecule has 3 nitrogen and oxygen atoms in total. The number of nitrogens with zero attached hydrogens (tertiary/aromatic N) is 2. The Labute approximate surface area is 86.2 Å². The standard InChI is InChI=1S/C11H19N3/c1-4-12-10-8-7-9-13-11(10)14(5-2)6-3/h7-9,12H,4-6H2,1-3H3. The smallest absolute Gasteiger partial charge is 0.151 e. The van der Waals surface area contributed by atoms with Crippen molar-refractivity contribution >= 4 is 11.5 Å². The lowest BCUT2D eigenvalue weighted by Crippen LogP contribution is -2.24. The second-order valence-electron chi connectivity index (χ2n) is 3.08. The fourth-order valence-electron chi connectivity index (χ4n) is 1.50. The van der Waals surface area contributed by atoms with Crippen LogP contribution in [0.3, 0.4) is 0 Å². The highest BCUT2D eigenvalue weighted by molar-refractivity contribution is 5.65. The second kappa shape index (κ2) is 5.47. The van der Waals surface area contributed by atoms with Crippen molar-refractivity contribution in [1.82, 2.24) is 4.98 Å². The Hall–Kier alpha value is -1.25. The van der Waals surface area contributed by atoms with Crippen molar-refractivity contribution in [2.45, 2.75) is 20.8 Å². The van der Waals surface area contributed by atoms with Gasteiger partial charge in [-0.05, 0) is 32.9 Å². The molecule has 0 unspecified atom stereocenters. The molecule has 0 amide bonds. The third-order valence-electron chi connectivity index (χ3n) is 2.22. The first-order valence-corrected chi connectivity index (χ1v) is 5.27. The zero-order chi connectivity index (χ0) is 10.4. The van der Waals surface area contributed by atoms with Gasteiger partial charge >= 0.3 is 0 Å². The third-order valence-corrected chi connectivity index (χ3v) is 2.22. The van der Waals surface area contributed by atoms with Crippen molar-refractivity contribution in [3.8, 4) is 0 Å². The SMILES string of the molecule is CCNc1cccnc1N(CC)CC. The summed E-state index contributed by atoms with van der Waals surface area (Å²) in [5.74, 6) is 1.05. The molecule has 0 aliphatic heterocycles. The zero-order valence-corrected chi connectivity index (χ0v) is 9.25. The van der Waals surface area contributed by atoms with E-state index in [0.717, 1.165) is 31.1 Å². The summed E-state index contributed by atoms with van der Waals surface area (Å²) in [5.41, 5.74) is 1.12. The van der Waals surface area contributed by atoms with Gasteiger partial charge in [-0.1, -0.05) is 0 Å². The van der Waals surface area contributed by atoms with Gasteiger partial charge in [0.05, 0.1) is 5.69 Å². The molecule has 0 saturated carbocycles. The largest absolute Gasteiger partial charge is 0.382 e. The summed E-state index contributed by atoms with van der Waals surface area (Å²) >= 11 is 0. The van der Waals surface area contributed by atoms with Crippen LogP contribution in [0.1, 0.15) is 20.8 Å². The van der Waals surface area contributed by atoms with E-state index in [1.54, 1.807) is 0 Å². The Morgan fingerprint density at radius 1 is 1.29 bits per heavy atom. The van der Waals surface area contributed by atoms with Crippen LogP contribution in [0.15, 0.2) is 18.3 Å². The lowest BCUT2D eigenvalue weighted by Gasteiger charge is -2.22. The van der Waals surface area contributed by atoms with E-state index in [-0.39, 0.29) is 0 Å². The Morgan fingerprint density at radius 2 is 2.00 bits per heavy atom. The first-order chi connectivity index (χ1) is 6.83. The van der Waals surface area contributed by atoms with E-state index in [9.17, 15) is 0 Å². The van der Waals surface area contributed by atoms with Crippen LogP contribution in [0.2, 0.25) is 0 Å². The number of hydrogen-bond acceptors (Lipinski definition) is 3. The summed E-state index contributed by atoms with van der Waals surface area (Å²) in [6.07, 6.45) is 1.84. The summed E-state index contributed by atoms with van der Waals surface area (Å²) in [5, 5.41) is 3.32. The van der Waals surface area contributed by atoms with Crippen molar-refractivity contribution in [2.75, 3.05) is 29.9 Å². The number of hydrogen-bond donors (Lipinski definition) is 1. The van der Waals surface area contributed by atoms with Crippen LogP contribution in [0, 0.1) is 0 Å². The molecule has 0 aromatic carbocycles. The van der Waals surface area contributed by atoms with Gasteiger partial charge in [-0.25, -0.2) is 4.98 Å². The Bertz CT molecular complexity index is 269. The van der Waals surface area contributed by atoms with Gasteiger partial charge in [-0.15, -0.1) is 0 Å². The maximum absolute atomic E-state index is 4.40. The fourth-order valence-corrected chi connectivity index (χ4v) is 1.50. The van der Waals surface area contributed by atoms with E-state index in [1.807, 2.05) is 12.3 Å². The van der Waals surface area contributed by atoms with E-state index < -0.39 is 0 Å². The van der Waals surface area contributed by atoms with Crippen LogP contribution in [-0.2, 0) is 0 Å². The Morgan fingerprint density at radius 3 is 2.57 bits per heavy atom. The molecule has 14 heavy (non-hydrogen) atoms. The summed E-state index contributed by atoms with van der Waals surface area (Å²) in [6.45, 7) is 9.30. The average Bonchev–Trinajstić information content (AvgIpc) is 2.23. The molecule has 0 bridgehead atoms. The minimum Gasteiger partial charge on any atom is -0.382 e. The second-order valence-corrected chi connectivity index (χ2v) is 3.08. The highest BCUT2D eigenvalue weighted by Gasteiger charge is 2.07. The van der Waals surface area contributed by atoms with Gasteiger partial charge in [-0.2, -0.15) is 0 Å². The first-order valence-electron chi connectivity index (χ1n) is 5.27. The quantitative estimate of drug-likeness (QED) is 0.778. The van der Waals surface area contributed by atoms with E-state index in [1.165, 1.54) is 0 Å². The van der Waals surface area contributed by atoms with Crippen LogP contribution in [0.4, 0.5) is 11.5 Å². The molecular weight excluding hydrogens is 174 g/mol. The predicted octanol–water partition coefficient (Wildman–Crippen LogP) is 2.36. The molecule has 1 aromatic rings. The summed E-state index contributed by atoms with van der Waals surface area (Å²) in [6, 6.07) is 4.04. The number of rotatable bonds is 5. The van der Waals surface area contributed by atoms with Crippen LogP contribution in [0.5, 0.6) is 0 Å². The maximum Gasteiger partial charge on any atom is 0.151 e. The Balaban J connectivity index is 2.92. The van der Waals surface area contributed by atoms with Gasteiger partial charge in [0.25, 0.3) is 0 Å². The first kappa shape index (κ1) is 10.8. The van der Waals surface area contributed by atoms with E-state index >= 15 is 0 Å². The van der Waals surface area contributed by atoms with Gasteiger partial charge in [0.1, 0.15) is 0 Å². The molecule has 1 aromatic heterocycles. The molecular formula is C11H19N3. The molecule has 1 rings (SSSR count). The van der Waals surface area contributed by atoms with Gasteiger partial charge in [0.15, 0.2) is 5.82 Å². The van der Waals surface area contributed by atoms with Gasteiger partial charge in [0, 0.05) is 25.8 Å². The topological polar surface area (TPSA) is 28.2 Å². The van der Waals surface area contributed by atoms with Crippen molar-refractivity contribution in [2.24, 2.45) is 0 Å². The third kappa shape index (κ3) is 2.37. The average molecular weight is 193 g/mol. The van der Waals surface area contributed by atoms with E-state index in [2.05, 4.69) is 42.0 Å². The lowest BCUT2D eigenvalue weighted by molar-refractivity contribution is 0.846. The molecule has 0 spiro atoms. The monoisotopic (exact) mass is 193 g/mol. The van der Waals surface area contributed by atoms with Crippen LogP contribution < -0.4 is 10.2 Å². The predicted molar refractivity (Wildman–Crippen MR) is 62.0 cm³/mol. The lowest BCUT2D eigenvalue weighted by atomic mass is 10.3. The molecule has 1 N–H and O–H groups in total. The van der Waals surface area contributed by atoms with Crippen LogP contribution >= 0.6 is 0 Å². The van der Waals surface area contributed by atoms with Crippen LogP contribution in [-0.4, -0.2) is 24.6 Å². The maximum atomic E-state index is 4.40. The number of pyridine rings is 1. The van der Waals surface area contributed by atoms with Gasteiger partial charge < -0.3 is 10.2 Å². The molecule has 0 aliphatic rings. The van der Waals surface area contributed by atoms with Crippen molar-refractivity contribution in [3.63, 3.8) is 0 Å². The van der Waals surface area contributed by atoms with Crippen molar-refractivity contribution in [3.05, 3.63) is 18.3 Å². The summed E-state index contributed by atoms with van der Waals surface area (Å²) < 4.78 is 0. The number of nitrogens with one attached hydrogen (secondary N) is 1. The number of aromatic nitrogens is 1. The normalized spacial score (nSPS) is 9.93. The molecule has 0 radical (unpaired) electrons. The van der Waals surface area contributed by atoms with Crippen molar-refractivity contribution < 1.29 is 0 Å². The van der Waals surface area contributed by atoms with Crippen LogP contribution in [0.25, 0.3) is 0 Å². The van der Waals surface area contributed by atoms with E-state index in [0.29, 0.717) is 0 Å². The minimum absolute atomic E-state index is 0.931. The van der Waals surface area contributed by atoms with Gasteiger partial charge in [0.2, 0.25) is 0 Å². The summed E-state index contributed by atoms with van der Waals surface area (Å²) in [7, 11) is 0. The molecule has 1 heterocycles. The fraction of sp³-hybridized carbons (Fsp3) is 0.545. The molecule has 0 saturated heterocycles. The minimum atomic E-state index is 0.931. The molecule has 78 valence electrons. The molecule has 3 heteroatoms. The molecule has 0 aliphatic carbocycles. The molecule has 0 fully saturated rings. The molecule has 0 atom stereocenters. The number of anilines is 2. The Kier molecular flexibility index (Phi) is 4.23. The van der Waals surface area contributed by atoms with E-state index in [4.69, 9.17) is 0 Å².